The van der Waals surface area contributed by atoms with E-state index in [0.717, 1.165) is 22.7 Å². The van der Waals surface area contributed by atoms with Crippen LogP contribution in [-0.2, 0) is 15.8 Å². The lowest BCUT2D eigenvalue weighted by Gasteiger charge is -2.39. The number of hydrogen-bond donors (Lipinski definition) is 0. The van der Waals surface area contributed by atoms with Crippen molar-refractivity contribution in [3.05, 3.63) is 82.6 Å². The molecule has 1 unspecified atom stereocenters. The van der Waals surface area contributed by atoms with Gasteiger partial charge in [0.25, 0.3) is 5.91 Å². The molecule has 1 aromatic heterocycles. The average molecular weight is 579 g/mol. The van der Waals surface area contributed by atoms with E-state index >= 15 is 0 Å². The SMILES string of the molecule is CN(C(=O)N1CCN(C(=O)C(c2cccs2)N(C(=O)CCl)c2cccc(C(F)(F)F)c2)CC1)c1ccccc1. The molecule has 1 atom stereocenters. The van der Waals surface area contributed by atoms with Crippen molar-refractivity contribution in [2.75, 3.05) is 48.9 Å². The molecular formula is C27H26ClF3N4O3S. The highest BCUT2D eigenvalue weighted by Crippen LogP contribution is 2.36. The van der Waals surface area contributed by atoms with E-state index in [4.69, 9.17) is 11.6 Å². The Morgan fingerprint density at radius 1 is 0.923 bits per heavy atom. The summed E-state index contributed by atoms with van der Waals surface area (Å²) in [7, 11) is 1.67. The molecule has 1 aliphatic rings. The topological polar surface area (TPSA) is 64.2 Å². The van der Waals surface area contributed by atoms with Crippen LogP contribution in [0.2, 0.25) is 0 Å². The number of piperazine rings is 1. The molecule has 3 aromatic rings. The van der Waals surface area contributed by atoms with Gasteiger partial charge in [0.05, 0.1) is 5.56 Å². The molecule has 0 radical (unpaired) electrons. The fourth-order valence-electron chi connectivity index (χ4n) is 4.40. The first-order valence-electron chi connectivity index (χ1n) is 12.1. The number of halogens is 4. The van der Waals surface area contributed by atoms with E-state index in [0.29, 0.717) is 4.88 Å². The molecule has 2 heterocycles. The lowest BCUT2D eigenvalue weighted by atomic mass is 10.1. The Kier molecular flexibility index (Phi) is 8.81. The van der Waals surface area contributed by atoms with E-state index in [1.165, 1.54) is 33.3 Å². The molecule has 0 bridgehead atoms. The van der Waals surface area contributed by atoms with Crippen LogP contribution in [0.3, 0.4) is 0 Å². The number of carbonyl (C=O) groups excluding carboxylic acids is 3. The Hall–Kier alpha value is -3.57. The third-order valence-corrected chi connectivity index (χ3v) is 7.59. The standard InChI is InChI=1S/C27H26ClF3N4O3S/c1-32(20-8-3-2-4-9-20)26(38)34-14-12-33(13-15-34)25(37)24(22-11-6-16-39-22)35(23(36)18-28)21-10-5-7-19(17-21)27(29,30)31/h2-11,16-17,24H,12-15,18H2,1H3. The Bertz CT molecular complexity index is 1300. The molecule has 12 heteroatoms. The van der Waals surface area contributed by atoms with Gasteiger partial charge in [-0.2, -0.15) is 13.2 Å². The molecule has 7 nitrogen and oxygen atoms in total. The highest BCUT2D eigenvalue weighted by Gasteiger charge is 2.39. The summed E-state index contributed by atoms with van der Waals surface area (Å²) in [6.45, 7) is 0.902. The van der Waals surface area contributed by atoms with E-state index in [1.807, 2.05) is 30.3 Å². The molecular weight excluding hydrogens is 553 g/mol. The number of urea groups is 1. The molecule has 4 rings (SSSR count). The van der Waals surface area contributed by atoms with Gasteiger partial charge >= 0.3 is 12.2 Å². The molecule has 2 aromatic carbocycles. The fourth-order valence-corrected chi connectivity index (χ4v) is 5.34. The van der Waals surface area contributed by atoms with Gasteiger partial charge in [0.2, 0.25) is 5.91 Å². The monoisotopic (exact) mass is 578 g/mol. The minimum Gasteiger partial charge on any atom is -0.337 e. The summed E-state index contributed by atoms with van der Waals surface area (Å²) >= 11 is 7.09. The number of anilines is 2. The maximum absolute atomic E-state index is 13.9. The molecule has 0 N–H and O–H groups in total. The van der Waals surface area contributed by atoms with Crippen LogP contribution in [0.5, 0.6) is 0 Å². The first-order valence-corrected chi connectivity index (χ1v) is 13.5. The maximum Gasteiger partial charge on any atom is 0.416 e. The van der Waals surface area contributed by atoms with Crippen LogP contribution in [0.15, 0.2) is 72.1 Å². The van der Waals surface area contributed by atoms with E-state index in [2.05, 4.69) is 0 Å². The summed E-state index contributed by atoms with van der Waals surface area (Å²) < 4.78 is 40.4. The number of hydrogen-bond acceptors (Lipinski definition) is 4. The number of amides is 4. The second-order valence-electron chi connectivity index (χ2n) is 8.85. The zero-order valence-electron chi connectivity index (χ0n) is 21.0. The Balaban J connectivity index is 1.58. The van der Waals surface area contributed by atoms with Crippen LogP contribution < -0.4 is 9.80 Å². The molecule has 39 heavy (non-hydrogen) atoms. The van der Waals surface area contributed by atoms with Gasteiger partial charge in [0, 0.05) is 49.5 Å². The van der Waals surface area contributed by atoms with Crippen molar-refractivity contribution in [1.29, 1.82) is 0 Å². The van der Waals surface area contributed by atoms with Crippen LogP contribution in [0.1, 0.15) is 16.5 Å². The second kappa shape index (κ2) is 12.1. The average Bonchev–Trinajstić information content (AvgIpc) is 3.49. The Morgan fingerprint density at radius 3 is 2.15 bits per heavy atom. The van der Waals surface area contributed by atoms with Gasteiger partial charge in [-0.1, -0.05) is 30.3 Å². The van der Waals surface area contributed by atoms with Gasteiger partial charge in [-0.25, -0.2) is 4.79 Å². The summed E-state index contributed by atoms with van der Waals surface area (Å²) in [6, 6.07) is 15.4. The zero-order valence-corrected chi connectivity index (χ0v) is 22.5. The summed E-state index contributed by atoms with van der Waals surface area (Å²) in [4.78, 5) is 46.2. The smallest absolute Gasteiger partial charge is 0.337 e. The number of nitrogens with zero attached hydrogens (tertiary/aromatic N) is 4. The Labute approximate surface area is 233 Å². The van der Waals surface area contributed by atoms with Crippen molar-refractivity contribution in [2.24, 2.45) is 0 Å². The predicted octanol–water partition coefficient (Wildman–Crippen LogP) is 5.48. The third-order valence-electron chi connectivity index (χ3n) is 6.43. The highest BCUT2D eigenvalue weighted by atomic mass is 35.5. The highest BCUT2D eigenvalue weighted by molar-refractivity contribution is 7.10. The number of para-hydroxylation sites is 1. The van der Waals surface area contributed by atoms with Crippen molar-refractivity contribution in [2.45, 2.75) is 12.2 Å². The summed E-state index contributed by atoms with van der Waals surface area (Å²) in [5.74, 6) is -1.70. The molecule has 1 aliphatic heterocycles. The van der Waals surface area contributed by atoms with Crippen molar-refractivity contribution in [3.63, 3.8) is 0 Å². The van der Waals surface area contributed by atoms with Gasteiger partial charge < -0.3 is 9.80 Å². The van der Waals surface area contributed by atoms with E-state index in [1.54, 1.807) is 29.5 Å². The molecule has 0 saturated carbocycles. The lowest BCUT2D eigenvalue weighted by Crippen LogP contribution is -2.56. The van der Waals surface area contributed by atoms with Crippen molar-refractivity contribution < 1.29 is 27.6 Å². The predicted molar refractivity (Wildman–Crippen MR) is 145 cm³/mol. The van der Waals surface area contributed by atoms with E-state index in [-0.39, 0.29) is 37.9 Å². The summed E-state index contributed by atoms with van der Waals surface area (Å²) in [5, 5.41) is 1.72. The molecule has 0 aliphatic carbocycles. The number of carbonyl (C=O) groups is 3. The first kappa shape index (κ1) is 28.4. The minimum absolute atomic E-state index is 0.0828. The van der Waals surface area contributed by atoms with Crippen LogP contribution >= 0.6 is 22.9 Å². The zero-order chi connectivity index (χ0) is 28.2. The number of alkyl halides is 4. The summed E-state index contributed by atoms with van der Waals surface area (Å²) in [6.07, 6.45) is -4.64. The molecule has 0 spiro atoms. The van der Waals surface area contributed by atoms with Gasteiger partial charge in [-0.3, -0.25) is 19.4 Å². The lowest BCUT2D eigenvalue weighted by molar-refractivity contribution is -0.137. The van der Waals surface area contributed by atoms with Gasteiger partial charge in [0.1, 0.15) is 11.9 Å². The number of benzene rings is 2. The van der Waals surface area contributed by atoms with Gasteiger partial charge in [-0.05, 0) is 41.8 Å². The quantitative estimate of drug-likeness (QED) is 0.364. The largest absolute Gasteiger partial charge is 0.416 e. The third kappa shape index (κ3) is 6.36. The van der Waals surface area contributed by atoms with Crippen molar-refractivity contribution in [1.82, 2.24) is 9.80 Å². The van der Waals surface area contributed by atoms with Crippen LogP contribution in [0.4, 0.5) is 29.3 Å². The van der Waals surface area contributed by atoms with Crippen molar-refractivity contribution >= 4 is 52.2 Å². The number of rotatable bonds is 6. The Morgan fingerprint density at radius 2 is 1.56 bits per heavy atom. The van der Waals surface area contributed by atoms with Gasteiger partial charge in [-0.15, -0.1) is 22.9 Å². The maximum atomic E-state index is 13.9. The summed E-state index contributed by atoms with van der Waals surface area (Å²) in [5.41, 5.74) is -0.296. The molecule has 4 amide bonds. The van der Waals surface area contributed by atoms with Crippen molar-refractivity contribution in [3.8, 4) is 0 Å². The van der Waals surface area contributed by atoms with Crippen LogP contribution in [-0.4, -0.2) is 66.8 Å². The molecule has 1 saturated heterocycles. The minimum atomic E-state index is -4.64. The van der Waals surface area contributed by atoms with Crippen LogP contribution in [0, 0.1) is 0 Å². The molecule has 1 fully saturated rings. The van der Waals surface area contributed by atoms with E-state index < -0.39 is 35.5 Å². The normalized spacial score (nSPS) is 14.6. The first-order chi connectivity index (χ1) is 18.6. The molecule has 206 valence electrons. The fraction of sp³-hybridized carbons (Fsp3) is 0.296. The van der Waals surface area contributed by atoms with Crippen LogP contribution in [0.25, 0.3) is 0 Å². The van der Waals surface area contributed by atoms with Gasteiger partial charge in [0.15, 0.2) is 0 Å². The van der Waals surface area contributed by atoms with E-state index in [9.17, 15) is 27.6 Å². The second-order valence-corrected chi connectivity index (χ2v) is 10.1. The number of thiophene rings is 1.